The standard InChI is InChI=1S/C17H28N2O2/c1-17(2,3)15-9-6-5-8-14(15)16(20)19(11-7-10-18)12-13-21-4/h5-6,8-9H,7,10-13,18H2,1-4H3. The molecule has 0 heterocycles. The average Bonchev–Trinajstić information content (AvgIpc) is 2.46. The molecule has 0 unspecified atom stereocenters. The molecule has 0 aliphatic carbocycles. The van der Waals surface area contributed by atoms with E-state index >= 15 is 0 Å². The summed E-state index contributed by atoms with van der Waals surface area (Å²) in [6, 6.07) is 7.84. The first-order chi connectivity index (χ1) is 9.91. The first kappa shape index (κ1) is 17.7. The number of benzene rings is 1. The van der Waals surface area contributed by atoms with E-state index in [9.17, 15) is 4.79 Å². The van der Waals surface area contributed by atoms with Crippen molar-refractivity contribution in [3.05, 3.63) is 35.4 Å². The summed E-state index contributed by atoms with van der Waals surface area (Å²) in [6.07, 6.45) is 0.799. The molecule has 4 heteroatoms. The quantitative estimate of drug-likeness (QED) is 0.839. The maximum absolute atomic E-state index is 12.9. The fraction of sp³-hybridized carbons (Fsp3) is 0.588. The van der Waals surface area contributed by atoms with Gasteiger partial charge in [0, 0.05) is 25.8 Å². The van der Waals surface area contributed by atoms with Gasteiger partial charge in [-0.15, -0.1) is 0 Å². The van der Waals surface area contributed by atoms with Gasteiger partial charge in [-0.05, 0) is 30.0 Å². The van der Waals surface area contributed by atoms with Crippen LogP contribution in [0.5, 0.6) is 0 Å². The van der Waals surface area contributed by atoms with E-state index in [1.165, 1.54) is 0 Å². The summed E-state index contributed by atoms with van der Waals surface area (Å²) in [7, 11) is 1.65. The molecule has 1 aromatic rings. The van der Waals surface area contributed by atoms with Crippen molar-refractivity contribution >= 4 is 5.91 Å². The molecule has 0 bridgehead atoms. The summed E-state index contributed by atoms with van der Waals surface area (Å²) in [5, 5.41) is 0. The lowest BCUT2D eigenvalue weighted by molar-refractivity contribution is 0.0692. The van der Waals surface area contributed by atoms with Crippen LogP contribution in [0, 0.1) is 0 Å². The molecule has 0 fully saturated rings. The van der Waals surface area contributed by atoms with Crippen LogP contribution in [0.15, 0.2) is 24.3 Å². The molecule has 1 amide bonds. The molecule has 21 heavy (non-hydrogen) atoms. The van der Waals surface area contributed by atoms with Gasteiger partial charge in [0.25, 0.3) is 5.91 Å². The molecular weight excluding hydrogens is 264 g/mol. The second kappa shape index (κ2) is 8.15. The molecule has 0 spiro atoms. The van der Waals surface area contributed by atoms with Crippen LogP contribution in [0.25, 0.3) is 0 Å². The summed E-state index contributed by atoms with van der Waals surface area (Å²) >= 11 is 0. The summed E-state index contributed by atoms with van der Waals surface area (Å²) in [5.74, 6) is 0.0611. The first-order valence-electron chi connectivity index (χ1n) is 7.49. The molecule has 0 saturated heterocycles. The lowest BCUT2D eigenvalue weighted by Crippen LogP contribution is -2.36. The van der Waals surface area contributed by atoms with Gasteiger partial charge in [0.15, 0.2) is 0 Å². The lowest BCUT2D eigenvalue weighted by Gasteiger charge is -2.27. The Hall–Kier alpha value is -1.39. The molecule has 118 valence electrons. The monoisotopic (exact) mass is 292 g/mol. The second-order valence-electron chi connectivity index (χ2n) is 6.22. The Balaban J connectivity index is 3.02. The molecule has 0 saturated carbocycles. The van der Waals surface area contributed by atoms with E-state index in [0.29, 0.717) is 26.2 Å². The van der Waals surface area contributed by atoms with Gasteiger partial charge >= 0.3 is 0 Å². The van der Waals surface area contributed by atoms with Gasteiger partial charge < -0.3 is 15.4 Å². The third-order valence-corrected chi connectivity index (χ3v) is 3.45. The maximum atomic E-state index is 12.9. The highest BCUT2D eigenvalue weighted by molar-refractivity contribution is 5.96. The fourth-order valence-corrected chi connectivity index (χ4v) is 2.29. The van der Waals surface area contributed by atoms with Gasteiger partial charge in [-0.3, -0.25) is 4.79 Å². The SMILES string of the molecule is COCCN(CCCN)C(=O)c1ccccc1C(C)(C)C. The number of carbonyl (C=O) groups excluding carboxylic acids is 1. The maximum Gasteiger partial charge on any atom is 0.254 e. The van der Waals surface area contributed by atoms with E-state index in [-0.39, 0.29) is 11.3 Å². The molecule has 0 atom stereocenters. The molecule has 0 aromatic heterocycles. The number of hydrogen-bond donors (Lipinski definition) is 1. The van der Waals surface area contributed by atoms with Crippen LogP contribution in [-0.2, 0) is 10.2 Å². The Morgan fingerprint density at radius 2 is 1.90 bits per heavy atom. The minimum Gasteiger partial charge on any atom is -0.383 e. The second-order valence-corrected chi connectivity index (χ2v) is 6.22. The van der Waals surface area contributed by atoms with Crippen molar-refractivity contribution in [2.75, 3.05) is 33.4 Å². The normalized spacial score (nSPS) is 11.5. The molecular formula is C17H28N2O2. The molecule has 0 aliphatic heterocycles. The summed E-state index contributed by atoms with van der Waals surface area (Å²) in [5.41, 5.74) is 7.36. The summed E-state index contributed by atoms with van der Waals surface area (Å²) in [6.45, 7) is 8.74. The first-order valence-corrected chi connectivity index (χ1v) is 7.49. The zero-order valence-corrected chi connectivity index (χ0v) is 13.7. The van der Waals surface area contributed by atoms with Gasteiger partial charge in [-0.1, -0.05) is 39.0 Å². The largest absolute Gasteiger partial charge is 0.383 e. The molecule has 1 aromatic carbocycles. The number of ether oxygens (including phenoxy) is 1. The third kappa shape index (κ3) is 5.14. The van der Waals surface area contributed by atoms with Crippen LogP contribution in [0.1, 0.15) is 43.1 Å². The minimum absolute atomic E-state index is 0.0611. The highest BCUT2D eigenvalue weighted by atomic mass is 16.5. The number of hydrogen-bond acceptors (Lipinski definition) is 3. The Morgan fingerprint density at radius 3 is 2.48 bits per heavy atom. The topological polar surface area (TPSA) is 55.6 Å². The predicted molar refractivity (Wildman–Crippen MR) is 86.6 cm³/mol. The van der Waals surface area contributed by atoms with Crippen LogP contribution in [0.3, 0.4) is 0 Å². The van der Waals surface area contributed by atoms with Gasteiger partial charge in [-0.25, -0.2) is 0 Å². The van der Waals surface area contributed by atoms with E-state index in [0.717, 1.165) is 17.5 Å². The van der Waals surface area contributed by atoms with Crippen LogP contribution < -0.4 is 5.73 Å². The van der Waals surface area contributed by atoms with Crippen molar-refractivity contribution in [2.24, 2.45) is 5.73 Å². The van der Waals surface area contributed by atoms with Gasteiger partial charge in [-0.2, -0.15) is 0 Å². The van der Waals surface area contributed by atoms with Crippen molar-refractivity contribution < 1.29 is 9.53 Å². The predicted octanol–water partition coefficient (Wildman–Crippen LogP) is 2.42. The van der Waals surface area contributed by atoms with Crippen LogP contribution >= 0.6 is 0 Å². The number of rotatable bonds is 7. The van der Waals surface area contributed by atoms with Crippen molar-refractivity contribution in [3.63, 3.8) is 0 Å². The zero-order chi connectivity index (χ0) is 15.9. The number of methoxy groups -OCH3 is 1. The van der Waals surface area contributed by atoms with Crippen LogP contribution in [0.2, 0.25) is 0 Å². The Kier molecular flexibility index (Phi) is 6.85. The van der Waals surface area contributed by atoms with E-state index in [4.69, 9.17) is 10.5 Å². The van der Waals surface area contributed by atoms with Crippen molar-refractivity contribution in [1.82, 2.24) is 4.90 Å². The van der Waals surface area contributed by atoms with Crippen molar-refractivity contribution in [1.29, 1.82) is 0 Å². The van der Waals surface area contributed by atoms with Crippen LogP contribution in [-0.4, -0.2) is 44.2 Å². The van der Waals surface area contributed by atoms with Gasteiger partial charge in [0.05, 0.1) is 6.61 Å². The van der Waals surface area contributed by atoms with Gasteiger partial charge in [0.1, 0.15) is 0 Å². The Labute approximate surface area is 128 Å². The van der Waals surface area contributed by atoms with Crippen molar-refractivity contribution in [3.8, 4) is 0 Å². The van der Waals surface area contributed by atoms with E-state index in [1.807, 2.05) is 29.2 Å². The fourth-order valence-electron chi connectivity index (χ4n) is 2.29. The third-order valence-electron chi connectivity index (χ3n) is 3.45. The molecule has 0 aliphatic rings. The van der Waals surface area contributed by atoms with E-state index < -0.39 is 0 Å². The molecule has 2 N–H and O–H groups in total. The summed E-state index contributed by atoms with van der Waals surface area (Å²) in [4.78, 5) is 14.7. The van der Waals surface area contributed by atoms with Gasteiger partial charge in [0.2, 0.25) is 0 Å². The average molecular weight is 292 g/mol. The highest BCUT2D eigenvalue weighted by Crippen LogP contribution is 2.26. The van der Waals surface area contributed by atoms with Crippen LogP contribution in [0.4, 0.5) is 0 Å². The Bertz CT molecular complexity index is 444. The lowest BCUT2D eigenvalue weighted by atomic mass is 9.83. The smallest absolute Gasteiger partial charge is 0.254 e. The Morgan fingerprint density at radius 1 is 1.24 bits per heavy atom. The van der Waals surface area contributed by atoms with Crippen molar-refractivity contribution in [2.45, 2.75) is 32.6 Å². The summed E-state index contributed by atoms with van der Waals surface area (Å²) < 4.78 is 5.11. The zero-order valence-electron chi connectivity index (χ0n) is 13.7. The molecule has 4 nitrogen and oxygen atoms in total. The molecule has 0 radical (unpaired) electrons. The number of nitrogens with zero attached hydrogens (tertiary/aromatic N) is 1. The highest BCUT2D eigenvalue weighted by Gasteiger charge is 2.24. The minimum atomic E-state index is -0.0625. The van der Waals surface area contributed by atoms with E-state index in [1.54, 1.807) is 7.11 Å². The number of nitrogens with two attached hydrogens (primary N) is 1. The van der Waals surface area contributed by atoms with E-state index in [2.05, 4.69) is 20.8 Å². The number of amides is 1. The number of carbonyl (C=O) groups is 1. The molecule has 1 rings (SSSR count).